The van der Waals surface area contributed by atoms with Crippen molar-refractivity contribution in [3.05, 3.63) is 84.2 Å². The van der Waals surface area contributed by atoms with Crippen molar-refractivity contribution in [2.24, 2.45) is 0 Å². The van der Waals surface area contributed by atoms with Crippen molar-refractivity contribution >= 4 is 32.7 Å². The number of H-pyrrole nitrogens is 1. The van der Waals surface area contributed by atoms with Gasteiger partial charge in [0.2, 0.25) is 10.0 Å². The number of imidazole rings is 1. The van der Waals surface area contributed by atoms with E-state index in [1.54, 1.807) is 12.1 Å². The fraction of sp³-hybridized carbons (Fsp3) is 0.200. The molecule has 196 valence electrons. The normalized spacial score (nSPS) is 11.5. The number of nitrogens with zero attached hydrogens (tertiary/aromatic N) is 1. The van der Waals surface area contributed by atoms with Crippen molar-refractivity contribution in [2.75, 3.05) is 10.5 Å². The van der Waals surface area contributed by atoms with Gasteiger partial charge in [-0.1, -0.05) is 37.3 Å². The average Bonchev–Trinajstić information content (AvgIpc) is 3.22. The van der Waals surface area contributed by atoms with E-state index in [0.29, 0.717) is 18.5 Å². The van der Waals surface area contributed by atoms with Crippen molar-refractivity contribution in [3.63, 3.8) is 0 Å². The number of carboxylic acids is 1. The molecule has 0 saturated carbocycles. The molecule has 0 amide bonds. The number of alkyl halides is 3. The molecule has 4 rings (SSSR count). The molecule has 0 fully saturated rings. The second kappa shape index (κ2) is 11.8. The second-order valence-corrected chi connectivity index (χ2v) is 9.72. The molecule has 12 heteroatoms. The lowest BCUT2D eigenvalue weighted by atomic mass is 10.1. The standard InChI is InChI=1S/C23H23N3O3S.C2HF3O2/c1-2-14-30(27,28)26-18-10-13-21-22(16-18)25-23(24-21)15-17-8-11-20(12-9-17)29-19-6-4-3-5-7-19;3-2(4,5)1(6)7/h3-13,16,26H,2,14-15H2,1H3,(H,24,25);(H,6,7). The van der Waals surface area contributed by atoms with Crippen LogP contribution in [0.3, 0.4) is 0 Å². The molecule has 4 aromatic rings. The molecular weight excluding hydrogens is 511 g/mol. The molecule has 0 unspecified atom stereocenters. The SMILES string of the molecule is CCCS(=O)(=O)Nc1ccc2nc(Cc3ccc(Oc4ccccc4)cc3)[nH]c2c1.O=C(O)C(F)(F)F. The van der Waals surface area contributed by atoms with Gasteiger partial charge in [-0.05, 0) is 54.4 Å². The van der Waals surface area contributed by atoms with E-state index in [0.717, 1.165) is 33.9 Å². The lowest BCUT2D eigenvalue weighted by molar-refractivity contribution is -0.192. The Hall–Kier alpha value is -4.06. The number of aromatic amines is 1. The van der Waals surface area contributed by atoms with Gasteiger partial charge in [0, 0.05) is 6.42 Å². The maximum absolute atomic E-state index is 12.0. The fourth-order valence-corrected chi connectivity index (χ4v) is 4.33. The highest BCUT2D eigenvalue weighted by Gasteiger charge is 2.38. The van der Waals surface area contributed by atoms with Gasteiger partial charge in [0.05, 0.1) is 22.5 Å². The third-order valence-electron chi connectivity index (χ3n) is 4.79. The predicted molar refractivity (Wildman–Crippen MR) is 133 cm³/mol. The summed E-state index contributed by atoms with van der Waals surface area (Å²) in [5.41, 5.74) is 3.23. The van der Waals surface area contributed by atoms with E-state index in [1.165, 1.54) is 0 Å². The topological polar surface area (TPSA) is 121 Å². The number of halogens is 3. The number of nitrogens with one attached hydrogen (secondary N) is 2. The molecule has 0 spiro atoms. The summed E-state index contributed by atoms with van der Waals surface area (Å²) in [5, 5.41) is 7.12. The highest BCUT2D eigenvalue weighted by atomic mass is 32.2. The van der Waals surface area contributed by atoms with Crippen LogP contribution >= 0.6 is 0 Å². The number of rotatable bonds is 8. The predicted octanol–water partition coefficient (Wildman–Crippen LogP) is 5.73. The first-order valence-corrected chi connectivity index (χ1v) is 12.7. The summed E-state index contributed by atoms with van der Waals surface area (Å²) in [6.07, 6.45) is -3.88. The first-order valence-electron chi connectivity index (χ1n) is 11.1. The molecule has 1 heterocycles. The number of carboxylic acid groups (broad SMARTS) is 1. The Morgan fingerprint density at radius 1 is 1.03 bits per heavy atom. The molecule has 0 aliphatic heterocycles. The third kappa shape index (κ3) is 8.53. The maximum Gasteiger partial charge on any atom is 0.490 e. The lowest BCUT2D eigenvalue weighted by Crippen LogP contribution is -2.21. The number of sulfonamides is 1. The van der Waals surface area contributed by atoms with Gasteiger partial charge in [-0.2, -0.15) is 13.2 Å². The Balaban J connectivity index is 0.000000479. The van der Waals surface area contributed by atoms with Crippen LogP contribution < -0.4 is 9.46 Å². The quantitative estimate of drug-likeness (QED) is 0.265. The molecule has 0 bridgehead atoms. The van der Waals surface area contributed by atoms with E-state index in [1.807, 2.05) is 67.6 Å². The third-order valence-corrected chi connectivity index (χ3v) is 6.29. The van der Waals surface area contributed by atoms with Gasteiger partial charge in [0.15, 0.2) is 0 Å². The fourth-order valence-electron chi connectivity index (χ4n) is 3.20. The zero-order valence-corrected chi connectivity index (χ0v) is 20.4. The molecule has 3 N–H and O–H groups in total. The summed E-state index contributed by atoms with van der Waals surface area (Å²) >= 11 is 0. The molecule has 0 aliphatic rings. The highest BCUT2D eigenvalue weighted by Crippen LogP contribution is 2.23. The first-order chi connectivity index (χ1) is 17.4. The molecule has 0 atom stereocenters. The van der Waals surface area contributed by atoms with E-state index in [2.05, 4.69) is 14.7 Å². The second-order valence-electron chi connectivity index (χ2n) is 7.88. The number of fused-ring (bicyclic) bond motifs is 1. The van der Waals surface area contributed by atoms with E-state index >= 15 is 0 Å². The van der Waals surface area contributed by atoms with Gasteiger partial charge in [-0.25, -0.2) is 18.2 Å². The van der Waals surface area contributed by atoms with Gasteiger partial charge >= 0.3 is 12.1 Å². The molecular formula is C25H24F3N3O5S. The molecule has 3 aromatic carbocycles. The number of para-hydroxylation sites is 1. The monoisotopic (exact) mass is 535 g/mol. The van der Waals surface area contributed by atoms with Gasteiger partial charge in [0.1, 0.15) is 17.3 Å². The van der Waals surface area contributed by atoms with Crippen molar-refractivity contribution in [1.82, 2.24) is 9.97 Å². The highest BCUT2D eigenvalue weighted by molar-refractivity contribution is 7.92. The number of ether oxygens (including phenoxy) is 1. The summed E-state index contributed by atoms with van der Waals surface area (Å²) in [7, 11) is -3.32. The Kier molecular flexibility index (Phi) is 8.77. The van der Waals surface area contributed by atoms with E-state index in [4.69, 9.17) is 14.6 Å². The van der Waals surface area contributed by atoms with E-state index in [-0.39, 0.29) is 5.75 Å². The van der Waals surface area contributed by atoms with Crippen LogP contribution in [0.4, 0.5) is 18.9 Å². The Morgan fingerprint density at radius 3 is 2.24 bits per heavy atom. The molecule has 0 radical (unpaired) electrons. The number of hydrogen-bond donors (Lipinski definition) is 3. The van der Waals surface area contributed by atoms with Crippen molar-refractivity contribution in [2.45, 2.75) is 25.9 Å². The largest absolute Gasteiger partial charge is 0.490 e. The molecule has 0 aliphatic carbocycles. The summed E-state index contributed by atoms with van der Waals surface area (Å²) in [4.78, 5) is 16.8. The summed E-state index contributed by atoms with van der Waals surface area (Å²) in [6, 6.07) is 22.9. The van der Waals surface area contributed by atoms with Crippen LogP contribution in [-0.2, 0) is 21.2 Å². The first kappa shape index (κ1) is 27.5. The summed E-state index contributed by atoms with van der Waals surface area (Å²) < 4.78 is 64.1. The number of hydrogen-bond acceptors (Lipinski definition) is 5. The number of aromatic nitrogens is 2. The van der Waals surface area contributed by atoms with Crippen molar-refractivity contribution in [3.8, 4) is 11.5 Å². The minimum atomic E-state index is -5.08. The van der Waals surface area contributed by atoms with Gasteiger partial charge in [0.25, 0.3) is 0 Å². The number of anilines is 1. The summed E-state index contributed by atoms with van der Waals surface area (Å²) in [6.45, 7) is 1.84. The van der Waals surface area contributed by atoms with E-state index < -0.39 is 22.2 Å². The summed E-state index contributed by atoms with van der Waals surface area (Å²) in [5.74, 6) is -0.266. The number of aliphatic carboxylic acids is 1. The van der Waals surface area contributed by atoms with Crippen molar-refractivity contribution < 1.29 is 36.2 Å². The molecule has 37 heavy (non-hydrogen) atoms. The van der Waals surface area contributed by atoms with Crippen LogP contribution in [-0.4, -0.2) is 41.4 Å². The smallest absolute Gasteiger partial charge is 0.475 e. The Bertz CT molecular complexity index is 1440. The zero-order valence-electron chi connectivity index (χ0n) is 19.6. The van der Waals surface area contributed by atoms with Crippen molar-refractivity contribution in [1.29, 1.82) is 0 Å². The van der Waals surface area contributed by atoms with Gasteiger partial charge in [-0.3, -0.25) is 4.72 Å². The Morgan fingerprint density at radius 2 is 1.65 bits per heavy atom. The zero-order chi connectivity index (χ0) is 27.1. The minimum absolute atomic E-state index is 0.100. The van der Waals surface area contributed by atoms with Crippen LogP contribution in [0.15, 0.2) is 72.8 Å². The van der Waals surface area contributed by atoms with Crippen LogP contribution in [0.5, 0.6) is 11.5 Å². The average molecular weight is 536 g/mol. The van der Waals surface area contributed by atoms with Crippen LogP contribution in [0.1, 0.15) is 24.7 Å². The molecule has 8 nitrogen and oxygen atoms in total. The van der Waals surface area contributed by atoms with E-state index in [9.17, 15) is 21.6 Å². The molecule has 1 aromatic heterocycles. The van der Waals surface area contributed by atoms with Crippen LogP contribution in [0.25, 0.3) is 11.0 Å². The maximum atomic E-state index is 12.0. The van der Waals surface area contributed by atoms with Gasteiger partial charge < -0.3 is 14.8 Å². The molecule has 0 saturated heterocycles. The van der Waals surface area contributed by atoms with Crippen LogP contribution in [0.2, 0.25) is 0 Å². The number of carbonyl (C=O) groups is 1. The minimum Gasteiger partial charge on any atom is -0.475 e. The van der Waals surface area contributed by atoms with Crippen LogP contribution in [0, 0.1) is 0 Å². The van der Waals surface area contributed by atoms with Gasteiger partial charge in [-0.15, -0.1) is 0 Å². The Labute approximate surface area is 211 Å². The lowest BCUT2D eigenvalue weighted by Gasteiger charge is -2.06. The number of benzene rings is 3.